The lowest BCUT2D eigenvalue weighted by molar-refractivity contribution is -0.114. The maximum Gasteiger partial charge on any atom is 0.190 e. The molecule has 0 bridgehead atoms. The predicted octanol–water partition coefficient (Wildman–Crippen LogP) is 3.62. The molecule has 0 amide bonds. The molecule has 0 unspecified atom stereocenters. The second-order valence-electron chi connectivity index (χ2n) is 7.00. The van der Waals surface area contributed by atoms with Gasteiger partial charge in [0.15, 0.2) is 5.16 Å². The molecular weight excluding hydrogens is 330 g/mol. The number of rotatable bonds is 5. The van der Waals surface area contributed by atoms with E-state index in [9.17, 15) is 4.79 Å². The van der Waals surface area contributed by atoms with Crippen LogP contribution in [-0.2, 0) is 30.5 Å². The molecule has 1 heterocycles. The van der Waals surface area contributed by atoms with Gasteiger partial charge in [-0.15, -0.1) is 0 Å². The number of carbonyl (C=O) groups excluding carboxylic acids is 1. The summed E-state index contributed by atoms with van der Waals surface area (Å²) in [5, 5.41) is 4.43. The van der Waals surface area contributed by atoms with Crippen LogP contribution in [0.2, 0.25) is 0 Å². The van der Waals surface area contributed by atoms with Gasteiger partial charge in [0.25, 0.3) is 0 Å². The number of Topliss-reactive ketones (excluding diaryl/α,β-unsaturated/α-hetero) is 1. The normalized spacial score (nSPS) is 16.4. The molecule has 1 aromatic carbocycles. The summed E-state index contributed by atoms with van der Waals surface area (Å²) in [7, 11) is 0. The lowest BCUT2D eigenvalue weighted by Crippen LogP contribution is -2.23. The van der Waals surface area contributed by atoms with Gasteiger partial charge < -0.3 is 5.32 Å². The predicted molar refractivity (Wildman–Crippen MR) is 101 cm³/mol. The minimum Gasteiger partial charge on any atom is -0.366 e. The van der Waals surface area contributed by atoms with Crippen molar-refractivity contribution in [3.05, 3.63) is 46.6 Å². The van der Waals surface area contributed by atoms with Crippen LogP contribution in [0.15, 0.2) is 29.4 Å². The SMILES string of the molecule is CC(=O)CSc1nc2c(c(NC3Cc4ccccc4C3)n1)CCCC2. The van der Waals surface area contributed by atoms with Gasteiger partial charge in [0, 0.05) is 11.6 Å². The van der Waals surface area contributed by atoms with Crippen molar-refractivity contribution in [2.75, 3.05) is 11.1 Å². The smallest absolute Gasteiger partial charge is 0.190 e. The molecule has 4 rings (SSSR count). The fourth-order valence-corrected chi connectivity index (χ4v) is 4.44. The van der Waals surface area contributed by atoms with E-state index in [0.717, 1.165) is 36.7 Å². The van der Waals surface area contributed by atoms with Gasteiger partial charge in [0.2, 0.25) is 0 Å². The molecule has 0 atom stereocenters. The van der Waals surface area contributed by atoms with Crippen LogP contribution >= 0.6 is 11.8 Å². The molecule has 0 saturated heterocycles. The second kappa shape index (κ2) is 7.16. The fourth-order valence-electron chi connectivity index (χ4n) is 3.78. The molecule has 0 saturated carbocycles. The zero-order chi connectivity index (χ0) is 17.2. The number of hydrogen-bond acceptors (Lipinski definition) is 5. The Kier molecular flexibility index (Phi) is 4.75. The first-order valence-corrected chi connectivity index (χ1v) is 10.0. The number of benzene rings is 1. The maximum atomic E-state index is 11.3. The summed E-state index contributed by atoms with van der Waals surface area (Å²) in [6.45, 7) is 1.61. The molecular formula is C20H23N3OS. The number of nitrogens with zero attached hydrogens (tertiary/aromatic N) is 2. The Morgan fingerprint density at radius 2 is 1.88 bits per heavy atom. The third kappa shape index (κ3) is 3.71. The number of anilines is 1. The molecule has 2 aromatic rings. The molecule has 0 spiro atoms. The molecule has 130 valence electrons. The first-order valence-electron chi connectivity index (χ1n) is 9.04. The standard InChI is InChI=1S/C20H23N3OS/c1-13(24)12-25-20-22-18-9-5-4-8-17(18)19(23-20)21-16-10-14-6-2-3-7-15(14)11-16/h2-3,6-7,16H,4-5,8-12H2,1H3,(H,21,22,23). The van der Waals surface area contributed by atoms with Crippen molar-refractivity contribution in [2.45, 2.75) is 56.6 Å². The summed E-state index contributed by atoms with van der Waals surface area (Å²) in [4.78, 5) is 20.8. The number of carbonyl (C=O) groups is 1. The zero-order valence-corrected chi connectivity index (χ0v) is 15.4. The van der Waals surface area contributed by atoms with Gasteiger partial charge in [-0.05, 0) is 56.6 Å². The third-order valence-electron chi connectivity index (χ3n) is 4.96. The van der Waals surface area contributed by atoms with Crippen LogP contribution in [0.3, 0.4) is 0 Å². The number of aromatic nitrogens is 2. The van der Waals surface area contributed by atoms with Crippen molar-refractivity contribution < 1.29 is 4.79 Å². The van der Waals surface area contributed by atoms with Crippen molar-refractivity contribution in [3.8, 4) is 0 Å². The van der Waals surface area contributed by atoms with Gasteiger partial charge in [-0.25, -0.2) is 9.97 Å². The summed E-state index contributed by atoms with van der Waals surface area (Å²) >= 11 is 1.45. The van der Waals surface area contributed by atoms with Crippen LogP contribution in [0.1, 0.15) is 42.1 Å². The first kappa shape index (κ1) is 16.6. The number of nitrogens with one attached hydrogen (secondary N) is 1. The van der Waals surface area contributed by atoms with E-state index in [4.69, 9.17) is 9.97 Å². The van der Waals surface area contributed by atoms with E-state index in [1.807, 2.05) is 0 Å². The van der Waals surface area contributed by atoms with Crippen LogP contribution in [0.25, 0.3) is 0 Å². The van der Waals surface area contributed by atoms with Crippen molar-refractivity contribution in [2.24, 2.45) is 0 Å². The summed E-state index contributed by atoms with van der Waals surface area (Å²) in [6.07, 6.45) is 6.56. The van der Waals surface area contributed by atoms with Crippen molar-refractivity contribution in [1.29, 1.82) is 0 Å². The Balaban J connectivity index is 1.57. The quantitative estimate of drug-likeness (QED) is 0.657. The van der Waals surface area contributed by atoms with Crippen LogP contribution in [-0.4, -0.2) is 27.5 Å². The summed E-state index contributed by atoms with van der Waals surface area (Å²) < 4.78 is 0. The molecule has 0 radical (unpaired) electrons. The van der Waals surface area contributed by atoms with Crippen LogP contribution in [0.4, 0.5) is 5.82 Å². The molecule has 25 heavy (non-hydrogen) atoms. The number of thioether (sulfide) groups is 1. The average molecular weight is 353 g/mol. The van der Waals surface area contributed by atoms with E-state index < -0.39 is 0 Å². The Morgan fingerprint density at radius 3 is 2.60 bits per heavy atom. The van der Waals surface area contributed by atoms with E-state index in [-0.39, 0.29) is 5.78 Å². The molecule has 4 nitrogen and oxygen atoms in total. The summed E-state index contributed by atoms with van der Waals surface area (Å²) in [5.41, 5.74) is 5.34. The maximum absolute atomic E-state index is 11.3. The lowest BCUT2D eigenvalue weighted by atomic mass is 9.96. The summed E-state index contributed by atoms with van der Waals surface area (Å²) in [6, 6.07) is 9.07. The topological polar surface area (TPSA) is 54.9 Å². The van der Waals surface area contributed by atoms with Gasteiger partial charge in [-0.3, -0.25) is 4.79 Å². The van der Waals surface area contributed by atoms with Gasteiger partial charge >= 0.3 is 0 Å². The second-order valence-corrected chi connectivity index (χ2v) is 7.94. The Bertz CT molecular complexity index is 781. The fraction of sp³-hybridized carbons (Fsp3) is 0.450. The van der Waals surface area contributed by atoms with E-state index in [0.29, 0.717) is 11.8 Å². The van der Waals surface area contributed by atoms with Crippen molar-refractivity contribution in [3.63, 3.8) is 0 Å². The molecule has 1 aromatic heterocycles. The van der Waals surface area contributed by atoms with E-state index in [2.05, 4.69) is 29.6 Å². The average Bonchev–Trinajstić information content (AvgIpc) is 3.02. The summed E-state index contributed by atoms with van der Waals surface area (Å²) in [5.74, 6) is 1.59. The van der Waals surface area contributed by atoms with E-state index >= 15 is 0 Å². The minimum absolute atomic E-state index is 0.159. The highest BCUT2D eigenvalue weighted by Crippen LogP contribution is 2.31. The van der Waals surface area contributed by atoms with Gasteiger partial charge in [0.05, 0.1) is 11.4 Å². The monoisotopic (exact) mass is 353 g/mol. The van der Waals surface area contributed by atoms with Gasteiger partial charge in [0.1, 0.15) is 11.6 Å². The number of fused-ring (bicyclic) bond motifs is 2. The molecule has 2 aliphatic carbocycles. The molecule has 0 fully saturated rings. The Morgan fingerprint density at radius 1 is 1.16 bits per heavy atom. The lowest BCUT2D eigenvalue weighted by Gasteiger charge is -2.22. The third-order valence-corrected chi connectivity index (χ3v) is 5.95. The highest BCUT2D eigenvalue weighted by Gasteiger charge is 2.24. The first-order chi connectivity index (χ1) is 12.2. The number of aryl methyl sites for hydroxylation is 1. The van der Waals surface area contributed by atoms with Crippen molar-refractivity contribution in [1.82, 2.24) is 9.97 Å². The molecule has 2 aliphatic rings. The highest BCUT2D eigenvalue weighted by atomic mass is 32.2. The van der Waals surface area contributed by atoms with Crippen LogP contribution in [0, 0.1) is 0 Å². The van der Waals surface area contributed by atoms with Gasteiger partial charge in [-0.2, -0.15) is 0 Å². The largest absolute Gasteiger partial charge is 0.366 e. The van der Waals surface area contributed by atoms with Gasteiger partial charge in [-0.1, -0.05) is 36.0 Å². The molecule has 1 N–H and O–H groups in total. The number of ketones is 1. The number of hydrogen-bond donors (Lipinski definition) is 1. The molecule has 0 aliphatic heterocycles. The Labute approximate surface area is 152 Å². The zero-order valence-electron chi connectivity index (χ0n) is 14.5. The minimum atomic E-state index is 0.159. The van der Waals surface area contributed by atoms with Crippen LogP contribution in [0.5, 0.6) is 0 Å². The van der Waals surface area contributed by atoms with Crippen LogP contribution < -0.4 is 5.32 Å². The van der Waals surface area contributed by atoms with E-state index in [1.54, 1.807) is 6.92 Å². The van der Waals surface area contributed by atoms with Crippen molar-refractivity contribution >= 4 is 23.4 Å². The van der Waals surface area contributed by atoms with E-state index in [1.165, 1.54) is 47.0 Å². The molecule has 5 heteroatoms. The Hall–Kier alpha value is -1.88. The highest BCUT2D eigenvalue weighted by molar-refractivity contribution is 7.99.